The van der Waals surface area contributed by atoms with Crippen LogP contribution in [0, 0.1) is 10.1 Å². The number of nitrogens with zero attached hydrogens (tertiary/aromatic N) is 3. The molecule has 0 atom stereocenters. The minimum absolute atomic E-state index is 0.291. The fourth-order valence-corrected chi connectivity index (χ4v) is 4.27. The van der Waals surface area contributed by atoms with Crippen molar-refractivity contribution >= 4 is 26.7 Å². The lowest BCUT2D eigenvalue weighted by Gasteiger charge is -2.09. The Hall–Kier alpha value is -3.46. The van der Waals surface area contributed by atoms with Gasteiger partial charge in [-0.05, 0) is 30.3 Å². The van der Waals surface area contributed by atoms with E-state index in [9.17, 15) is 18.5 Å². The van der Waals surface area contributed by atoms with Crippen molar-refractivity contribution in [1.29, 1.82) is 0 Å². The van der Waals surface area contributed by atoms with Crippen LogP contribution < -0.4 is 0 Å². The molecule has 2 heterocycles. The number of rotatable bonds is 4. The molecule has 0 saturated heterocycles. The summed E-state index contributed by atoms with van der Waals surface area (Å²) in [5.74, 6) is 0.360. The summed E-state index contributed by atoms with van der Waals surface area (Å²) in [5, 5.41) is 11.2. The van der Waals surface area contributed by atoms with E-state index in [0.717, 1.165) is 15.6 Å². The second-order valence-corrected chi connectivity index (χ2v) is 7.31. The molecule has 130 valence electrons. The molecule has 0 spiro atoms. The summed E-state index contributed by atoms with van der Waals surface area (Å²) in [6.07, 6.45) is 1.34. The minimum Gasteiger partial charge on any atom is -0.337 e. The van der Waals surface area contributed by atoms with Gasteiger partial charge >= 0.3 is 0 Å². The van der Waals surface area contributed by atoms with Crippen molar-refractivity contribution in [3.63, 3.8) is 0 Å². The molecule has 0 aliphatic carbocycles. The summed E-state index contributed by atoms with van der Waals surface area (Å²) in [6.45, 7) is 0. The number of hydrogen-bond donors (Lipinski definition) is 1. The van der Waals surface area contributed by atoms with Gasteiger partial charge in [-0.2, -0.15) is 0 Å². The number of aromatic nitrogens is 3. The molecule has 9 heteroatoms. The van der Waals surface area contributed by atoms with Crippen LogP contribution in [0.4, 0.5) is 5.69 Å². The van der Waals surface area contributed by atoms with Gasteiger partial charge in [-0.1, -0.05) is 24.3 Å². The molecule has 2 aromatic heterocycles. The number of nitrogens with one attached hydrogen (secondary N) is 1. The second-order valence-electron chi connectivity index (χ2n) is 5.52. The molecule has 0 unspecified atom stereocenters. The van der Waals surface area contributed by atoms with E-state index in [1.165, 1.54) is 24.4 Å². The number of nitro groups is 1. The van der Waals surface area contributed by atoms with E-state index in [-0.39, 0.29) is 4.90 Å². The third-order valence-electron chi connectivity index (χ3n) is 3.94. The van der Waals surface area contributed by atoms with Gasteiger partial charge in [-0.3, -0.25) is 10.1 Å². The van der Waals surface area contributed by atoms with Crippen LogP contribution in [0.1, 0.15) is 0 Å². The third kappa shape index (κ3) is 2.45. The zero-order chi connectivity index (χ0) is 18.3. The Labute approximate surface area is 147 Å². The number of fused-ring (bicyclic) bond motifs is 1. The van der Waals surface area contributed by atoms with Gasteiger partial charge < -0.3 is 4.98 Å². The summed E-state index contributed by atoms with van der Waals surface area (Å²) in [6, 6.07) is 15.7. The van der Waals surface area contributed by atoms with Crippen LogP contribution in [0.15, 0.2) is 71.8 Å². The lowest BCUT2D eigenvalue weighted by atomic mass is 10.3. The van der Waals surface area contributed by atoms with Crippen molar-refractivity contribution in [3.8, 4) is 11.5 Å². The number of benzene rings is 2. The molecule has 0 fully saturated rings. The first-order valence-electron chi connectivity index (χ1n) is 7.60. The van der Waals surface area contributed by atoms with E-state index in [1.54, 1.807) is 18.2 Å². The van der Waals surface area contributed by atoms with Crippen LogP contribution in [0.5, 0.6) is 0 Å². The number of imidazole rings is 1. The predicted molar refractivity (Wildman–Crippen MR) is 95.2 cm³/mol. The summed E-state index contributed by atoms with van der Waals surface area (Å²) < 4.78 is 27.1. The number of para-hydroxylation sites is 3. The molecular formula is C17H12N4O4S. The molecule has 2 aromatic carbocycles. The minimum atomic E-state index is -4.17. The van der Waals surface area contributed by atoms with E-state index in [4.69, 9.17) is 0 Å². The van der Waals surface area contributed by atoms with E-state index in [2.05, 4.69) is 9.97 Å². The number of nitro benzene ring substituents is 1. The Balaban J connectivity index is 1.90. The summed E-state index contributed by atoms with van der Waals surface area (Å²) in [5.41, 5.74) is 1.27. The zero-order valence-corrected chi connectivity index (χ0v) is 14.1. The Morgan fingerprint density at radius 3 is 2.50 bits per heavy atom. The normalized spacial score (nSPS) is 11.7. The van der Waals surface area contributed by atoms with E-state index in [0.29, 0.717) is 17.0 Å². The lowest BCUT2D eigenvalue weighted by Crippen LogP contribution is -2.15. The van der Waals surface area contributed by atoms with Crippen molar-refractivity contribution in [2.45, 2.75) is 4.90 Å². The molecule has 0 saturated carbocycles. The highest BCUT2D eigenvalue weighted by atomic mass is 32.2. The highest BCUT2D eigenvalue weighted by Gasteiger charge is 2.28. The highest BCUT2D eigenvalue weighted by Crippen LogP contribution is 2.29. The first-order valence-corrected chi connectivity index (χ1v) is 9.04. The standard InChI is InChI=1S/C17H12N4O4S/c22-21(23)14-8-3-4-10-16(14)26(24,25)20-11-5-9-15(20)17-18-12-6-1-2-7-13(12)19-17/h1-11H,(H,18,19). The van der Waals surface area contributed by atoms with Gasteiger partial charge in [0.05, 0.1) is 21.7 Å². The molecule has 0 bridgehead atoms. The Kier molecular flexibility index (Phi) is 3.58. The highest BCUT2D eigenvalue weighted by molar-refractivity contribution is 7.90. The molecule has 0 aliphatic heterocycles. The molecule has 0 aliphatic rings. The van der Waals surface area contributed by atoms with Crippen LogP contribution in [0.3, 0.4) is 0 Å². The third-order valence-corrected chi connectivity index (χ3v) is 5.68. The zero-order valence-electron chi connectivity index (χ0n) is 13.2. The molecule has 4 aromatic rings. The van der Waals surface area contributed by atoms with Gasteiger partial charge in [0.2, 0.25) is 0 Å². The van der Waals surface area contributed by atoms with E-state index < -0.39 is 20.6 Å². The van der Waals surface area contributed by atoms with Crippen LogP contribution in [0.25, 0.3) is 22.6 Å². The SMILES string of the molecule is O=[N+]([O-])c1ccccc1S(=O)(=O)n1cccc1-c1nc2ccccc2[nH]1. The van der Waals surface area contributed by atoms with Crippen LogP contribution in [0.2, 0.25) is 0 Å². The van der Waals surface area contributed by atoms with Crippen LogP contribution in [-0.2, 0) is 10.0 Å². The number of hydrogen-bond acceptors (Lipinski definition) is 5. The van der Waals surface area contributed by atoms with Gasteiger partial charge in [0.25, 0.3) is 15.7 Å². The van der Waals surface area contributed by atoms with Gasteiger partial charge in [0.1, 0.15) is 0 Å². The van der Waals surface area contributed by atoms with E-state index >= 15 is 0 Å². The van der Waals surface area contributed by atoms with Gasteiger partial charge in [-0.25, -0.2) is 17.4 Å². The maximum Gasteiger partial charge on any atom is 0.289 e. The number of aromatic amines is 1. The van der Waals surface area contributed by atoms with Crippen molar-refractivity contribution in [3.05, 3.63) is 77.0 Å². The Bertz CT molecular complexity index is 1210. The second kappa shape index (κ2) is 5.81. The van der Waals surface area contributed by atoms with Gasteiger partial charge in [0.15, 0.2) is 10.7 Å². The van der Waals surface area contributed by atoms with Crippen LogP contribution >= 0.6 is 0 Å². The average Bonchev–Trinajstić information content (AvgIpc) is 3.28. The molecular weight excluding hydrogens is 356 g/mol. The van der Waals surface area contributed by atoms with E-state index in [1.807, 2.05) is 18.2 Å². The Morgan fingerprint density at radius 2 is 1.73 bits per heavy atom. The van der Waals surface area contributed by atoms with Crippen LogP contribution in [-0.4, -0.2) is 27.3 Å². The summed E-state index contributed by atoms with van der Waals surface area (Å²) >= 11 is 0. The van der Waals surface area contributed by atoms with Gasteiger partial charge in [0, 0.05) is 12.3 Å². The maximum atomic E-state index is 13.0. The monoisotopic (exact) mass is 368 g/mol. The fourth-order valence-electron chi connectivity index (χ4n) is 2.77. The Morgan fingerprint density at radius 1 is 1.00 bits per heavy atom. The molecule has 1 N–H and O–H groups in total. The quantitative estimate of drug-likeness (QED) is 0.439. The maximum absolute atomic E-state index is 13.0. The molecule has 0 radical (unpaired) electrons. The fraction of sp³-hybridized carbons (Fsp3) is 0. The molecule has 26 heavy (non-hydrogen) atoms. The van der Waals surface area contributed by atoms with Crippen molar-refractivity contribution in [2.24, 2.45) is 0 Å². The lowest BCUT2D eigenvalue weighted by molar-refractivity contribution is -0.387. The largest absolute Gasteiger partial charge is 0.337 e. The summed E-state index contributed by atoms with van der Waals surface area (Å²) in [4.78, 5) is 17.6. The van der Waals surface area contributed by atoms with Crippen molar-refractivity contribution in [2.75, 3.05) is 0 Å². The average molecular weight is 368 g/mol. The first-order chi connectivity index (χ1) is 12.5. The predicted octanol–water partition coefficient (Wildman–Crippen LogP) is 3.18. The summed E-state index contributed by atoms with van der Waals surface area (Å²) in [7, 11) is -4.17. The van der Waals surface area contributed by atoms with Gasteiger partial charge in [-0.15, -0.1) is 0 Å². The molecule has 0 amide bonds. The number of H-pyrrole nitrogens is 1. The smallest absolute Gasteiger partial charge is 0.289 e. The van der Waals surface area contributed by atoms with Crippen molar-refractivity contribution in [1.82, 2.24) is 13.9 Å². The molecule has 8 nitrogen and oxygen atoms in total. The molecule has 4 rings (SSSR count). The van der Waals surface area contributed by atoms with Crippen molar-refractivity contribution < 1.29 is 13.3 Å². The topological polar surface area (TPSA) is 111 Å². The first kappa shape index (κ1) is 16.0.